The van der Waals surface area contributed by atoms with E-state index in [-0.39, 0.29) is 17.8 Å². The molecule has 0 aliphatic heterocycles. The van der Waals surface area contributed by atoms with Gasteiger partial charge >= 0.3 is 12.0 Å². The van der Waals surface area contributed by atoms with Crippen molar-refractivity contribution in [2.24, 2.45) is 7.05 Å². The number of carboxylic acid groups (broad SMARTS) is 1. The lowest BCUT2D eigenvalue weighted by Gasteiger charge is -2.10. The summed E-state index contributed by atoms with van der Waals surface area (Å²) in [6.45, 7) is 0.131. The number of nitrogens with one attached hydrogen (secondary N) is 2. The maximum absolute atomic E-state index is 13.6. The van der Waals surface area contributed by atoms with Gasteiger partial charge in [0.15, 0.2) is 0 Å². The highest BCUT2D eigenvalue weighted by atomic mass is 19.1. The number of para-hydroxylation sites is 1. The summed E-state index contributed by atoms with van der Waals surface area (Å²) in [6, 6.07) is 2.82. The number of amides is 2. The number of hydrogen-bond acceptors (Lipinski definition) is 3. The van der Waals surface area contributed by atoms with Crippen molar-refractivity contribution < 1.29 is 19.1 Å². The Balaban J connectivity index is 2.06. The summed E-state index contributed by atoms with van der Waals surface area (Å²) in [5.74, 6) is -1.53. The molecule has 1 aromatic carbocycles. The first-order valence-electron chi connectivity index (χ1n) is 6.02. The van der Waals surface area contributed by atoms with Gasteiger partial charge in [0, 0.05) is 19.4 Å². The molecular formula is C13H13FN4O3. The van der Waals surface area contributed by atoms with Gasteiger partial charge < -0.3 is 20.3 Å². The van der Waals surface area contributed by atoms with Gasteiger partial charge in [0.2, 0.25) is 0 Å². The molecule has 21 heavy (non-hydrogen) atoms. The van der Waals surface area contributed by atoms with Gasteiger partial charge in [-0.2, -0.15) is 0 Å². The largest absolute Gasteiger partial charge is 0.478 e. The van der Waals surface area contributed by atoms with Crippen LogP contribution in [0.25, 0.3) is 0 Å². The molecule has 0 aliphatic rings. The zero-order valence-electron chi connectivity index (χ0n) is 11.1. The summed E-state index contributed by atoms with van der Waals surface area (Å²) in [5, 5.41) is 13.6. The van der Waals surface area contributed by atoms with Gasteiger partial charge in [-0.05, 0) is 12.1 Å². The number of hydrogen-bond donors (Lipinski definition) is 3. The van der Waals surface area contributed by atoms with Crippen LogP contribution in [0.1, 0.15) is 16.2 Å². The number of carbonyl (C=O) groups excluding carboxylic acids is 1. The number of benzene rings is 1. The van der Waals surface area contributed by atoms with Crippen LogP contribution in [-0.2, 0) is 13.6 Å². The second-order valence-electron chi connectivity index (χ2n) is 4.23. The van der Waals surface area contributed by atoms with E-state index in [9.17, 15) is 14.0 Å². The summed E-state index contributed by atoms with van der Waals surface area (Å²) in [7, 11) is 1.77. The second kappa shape index (κ2) is 6.04. The Kier molecular flexibility index (Phi) is 4.17. The van der Waals surface area contributed by atoms with Gasteiger partial charge in [-0.25, -0.2) is 19.0 Å². The maximum atomic E-state index is 13.6. The monoisotopic (exact) mass is 292 g/mol. The summed E-state index contributed by atoms with van der Waals surface area (Å²) in [5.41, 5.74) is -0.690. The Bertz CT molecular complexity index is 684. The van der Waals surface area contributed by atoms with Gasteiger partial charge in [0.1, 0.15) is 11.6 Å². The number of imidazole rings is 1. The fourth-order valence-electron chi connectivity index (χ4n) is 1.71. The Hall–Kier alpha value is -2.90. The van der Waals surface area contributed by atoms with Crippen LogP contribution in [0.4, 0.5) is 14.9 Å². The highest BCUT2D eigenvalue weighted by Gasteiger charge is 2.16. The highest BCUT2D eigenvalue weighted by molar-refractivity contribution is 6.00. The summed E-state index contributed by atoms with van der Waals surface area (Å²) in [6.07, 6.45) is 3.29. The van der Waals surface area contributed by atoms with E-state index in [1.165, 1.54) is 12.1 Å². The van der Waals surface area contributed by atoms with Gasteiger partial charge in [-0.15, -0.1) is 0 Å². The zero-order chi connectivity index (χ0) is 15.4. The Morgan fingerprint density at radius 1 is 1.43 bits per heavy atom. The fourth-order valence-corrected chi connectivity index (χ4v) is 1.71. The fraction of sp³-hybridized carbons (Fsp3) is 0.154. The van der Waals surface area contributed by atoms with Gasteiger partial charge in [0.25, 0.3) is 0 Å². The third-order valence-corrected chi connectivity index (χ3v) is 2.81. The van der Waals surface area contributed by atoms with Crippen LogP contribution < -0.4 is 10.6 Å². The molecule has 0 atom stereocenters. The lowest BCUT2D eigenvalue weighted by Crippen LogP contribution is -2.30. The average molecular weight is 292 g/mol. The maximum Gasteiger partial charge on any atom is 0.337 e. The molecule has 110 valence electrons. The first kappa shape index (κ1) is 14.5. The molecule has 1 aromatic heterocycles. The van der Waals surface area contributed by atoms with E-state index in [1.54, 1.807) is 24.0 Å². The smallest absolute Gasteiger partial charge is 0.337 e. The molecule has 0 saturated heterocycles. The van der Waals surface area contributed by atoms with Crippen molar-refractivity contribution in [3.63, 3.8) is 0 Å². The summed E-state index contributed by atoms with van der Waals surface area (Å²) in [4.78, 5) is 26.7. The number of anilines is 1. The third kappa shape index (κ3) is 3.35. The topological polar surface area (TPSA) is 96.3 Å². The third-order valence-electron chi connectivity index (χ3n) is 2.81. The van der Waals surface area contributed by atoms with E-state index < -0.39 is 17.8 Å². The molecule has 0 unspecified atom stereocenters. The minimum Gasteiger partial charge on any atom is -0.478 e. The van der Waals surface area contributed by atoms with Crippen LogP contribution in [-0.4, -0.2) is 26.7 Å². The first-order valence-corrected chi connectivity index (χ1v) is 6.02. The molecule has 8 heteroatoms. The average Bonchev–Trinajstić information content (AvgIpc) is 2.84. The first-order chi connectivity index (χ1) is 9.99. The normalized spacial score (nSPS) is 10.2. The molecule has 1 heterocycles. The van der Waals surface area contributed by atoms with Crippen LogP contribution in [0, 0.1) is 5.82 Å². The predicted molar refractivity (Wildman–Crippen MR) is 72.4 cm³/mol. The molecule has 3 N–H and O–H groups in total. The van der Waals surface area contributed by atoms with Crippen LogP contribution >= 0.6 is 0 Å². The number of urea groups is 1. The van der Waals surface area contributed by atoms with Crippen LogP contribution in [0.3, 0.4) is 0 Å². The van der Waals surface area contributed by atoms with Crippen molar-refractivity contribution in [2.75, 3.05) is 5.32 Å². The van der Waals surface area contributed by atoms with Crippen LogP contribution in [0.15, 0.2) is 30.6 Å². The Morgan fingerprint density at radius 3 is 2.81 bits per heavy atom. The van der Waals surface area contributed by atoms with Crippen molar-refractivity contribution in [1.29, 1.82) is 0 Å². The second-order valence-corrected chi connectivity index (χ2v) is 4.23. The number of aryl methyl sites for hydroxylation is 1. The van der Waals surface area contributed by atoms with Gasteiger partial charge in [-0.3, -0.25) is 0 Å². The minimum atomic E-state index is -1.33. The van der Waals surface area contributed by atoms with E-state index in [2.05, 4.69) is 15.6 Å². The van der Waals surface area contributed by atoms with Crippen LogP contribution in [0.5, 0.6) is 0 Å². The zero-order valence-corrected chi connectivity index (χ0v) is 11.1. The molecule has 2 amide bonds. The van der Waals surface area contributed by atoms with E-state index in [1.807, 2.05) is 0 Å². The van der Waals surface area contributed by atoms with Crippen molar-refractivity contribution in [3.05, 3.63) is 47.8 Å². The quantitative estimate of drug-likeness (QED) is 0.797. The molecule has 0 spiro atoms. The molecule has 0 saturated carbocycles. The molecule has 2 aromatic rings. The number of nitrogens with zero attached hydrogens (tertiary/aromatic N) is 2. The van der Waals surface area contributed by atoms with E-state index in [0.29, 0.717) is 5.82 Å². The molecular weight excluding hydrogens is 279 g/mol. The van der Waals surface area contributed by atoms with E-state index in [0.717, 1.165) is 6.07 Å². The summed E-state index contributed by atoms with van der Waals surface area (Å²) < 4.78 is 15.3. The Morgan fingerprint density at radius 2 is 2.19 bits per heavy atom. The van der Waals surface area contributed by atoms with Crippen molar-refractivity contribution in [1.82, 2.24) is 14.9 Å². The molecule has 0 fully saturated rings. The number of aromatic carboxylic acids is 1. The molecule has 0 radical (unpaired) electrons. The van der Waals surface area contributed by atoms with E-state index in [4.69, 9.17) is 5.11 Å². The van der Waals surface area contributed by atoms with Crippen molar-refractivity contribution >= 4 is 17.7 Å². The minimum absolute atomic E-state index is 0.131. The molecule has 0 bridgehead atoms. The van der Waals surface area contributed by atoms with Gasteiger partial charge in [0.05, 0.1) is 17.8 Å². The highest BCUT2D eigenvalue weighted by Crippen LogP contribution is 2.19. The number of carboxylic acids is 1. The number of carbonyl (C=O) groups is 2. The summed E-state index contributed by atoms with van der Waals surface area (Å²) >= 11 is 0. The van der Waals surface area contributed by atoms with Crippen LogP contribution in [0.2, 0.25) is 0 Å². The number of aromatic nitrogens is 2. The standard InChI is InChI=1S/C13H13FN4O3/c1-18-6-5-15-10(18)7-16-13(21)17-11-8(12(19)20)3-2-4-9(11)14/h2-6H,7H2,1H3,(H,19,20)(H2,16,17,21). The number of halogens is 1. The lowest BCUT2D eigenvalue weighted by atomic mass is 10.1. The molecule has 2 rings (SSSR count). The van der Waals surface area contributed by atoms with E-state index >= 15 is 0 Å². The Labute approximate surface area is 119 Å². The molecule has 0 aliphatic carbocycles. The van der Waals surface area contributed by atoms with Gasteiger partial charge in [-0.1, -0.05) is 6.07 Å². The number of rotatable bonds is 4. The molecule has 7 nitrogen and oxygen atoms in total. The SMILES string of the molecule is Cn1ccnc1CNC(=O)Nc1c(F)cccc1C(=O)O. The predicted octanol–water partition coefficient (Wildman–Crippen LogP) is 1.58. The lowest BCUT2D eigenvalue weighted by molar-refractivity contribution is 0.0697. The van der Waals surface area contributed by atoms with Crippen molar-refractivity contribution in [2.45, 2.75) is 6.54 Å². The van der Waals surface area contributed by atoms with Crippen molar-refractivity contribution in [3.8, 4) is 0 Å².